The van der Waals surface area contributed by atoms with Crippen molar-refractivity contribution in [2.45, 2.75) is 43.5 Å². The molecule has 17 heavy (non-hydrogen) atoms. The summed E-state index contributed by atoms with van der Waals surface area (Å²) in [6.45, 7) is -0.348. The molecule has 0 aromatic carbocycles. The molecule has 0 unspecified atom stereocenters. The van der Waals surface area contributed by atoms with E-state index in [0.717, 1.165) is 32.1 Å². The number of rotatable bonds is 5. The van der Waals surface area contributed by atoms with Crippen molar-refractivity contribution in [2.75, 3.05) is 6.54 Å². The van der Waals surface area contributed by atoms with Crippen LogP contribution in [0.15, 0.2) is 0 Å². The average molecular weight is 287 g/mol. The van der Waals surface area contributed by atoms with Gasteiger partial charge in [0.05, 0.1) is 0 Å². The normalized spacial score (nSPS) is 19.8. The minimum Gasteiger partial charge on any atom is -0.324 e. The van der Waals surface area contributed by atoms with Gasteiger partial charge < -0.3 is 24.9 Å². The van der Waals surface area contributed by atoms with E-state index in [-0.39, 0.29) is 12.6 Å². The third kappa shape index (κ3) is 5.18. The predicted octanol–water partition coefficient (Wildman–Crippen LogP) is 0.590. The molecule has 0 saturated heterocycles. The highest BCUT2D eigenvalue weighted by Crippen LogP contribution is 2.59. The van der Waals surface area contributed by atoms with Crippen LogP contribution in [0.25, 0.3) is 0 Å². The molecule has 102 valence electrons. The molecule has 1 fully saturated rings. The van der Waals surface area contributed by atoms with Gasteiger partial charge in [-0.2, -0.15) is 0 Å². The van der Waals surface area contributed by atoms with Crippen molar-refractivity contribution in [2.24, 2.45) is 0 Å². The van der Waals surface area contributed by atoms with Crippen LogP contribution in [0, 0.1) is 0 Å². The molecule has 9 heteroatoms. The smallest absolute Gasteiger partial charge is 0.324 e. The molecule has 1 aliphatic carbocycles. The second kappa shape index (κ2) is 5.93. The molecular weight excluding hydrogens is 268 g/mol. The summed E-state index contributed by atoms with van der Waals surface area (Å²) in [5, 5.41) is 0.917. The lowest BCUT2D eigenvalue weighted by Gasteiger charge is -2.26. The quantitative estimate of drug-likeness (QED) is 0.468. The SMILES string of the molecule is O=P(O)(O)C(CNC1CCCCC1)P(=O)(O)O. The molecule has 0 amide bonds. The Morgan fingerprint density at radius 2 is 1.47 bits per heavy atom. The van der Waals surface area contributed by atoms with E-state index >= 15 is 0 Å². The van der Waals surface area contributed by atoms with Gasteiger partial charge in [-0.15, -0.1) is 0 Å². The summed E-state index contributed by atoms with van der Waals surface area (Å²) in [7, 11) is -9.58. The van der Waals surface area contributed by atoms with E-state index in [1.54, 1.807) is 0 Å². The number of hydrogen-bond donors (Lipinski definition) is 5. The first kappa shape index (κ1) is 15.3. The maximum atomic E-state index is 11.0. The van der Waals surface area contributed by atoms with Crippen LogP contribution in [0.2, 0.25) is 0 Å². The Labute approximate surface area is 99.9 Å². The van der Waals surface area contributed by atoms with Gasteiger partial charge in [-0.3, -0.25) is 9.13 Å². The summed E-state index contributed by atoms with van der Waals surface area (Å²) in [5.41, 5.74) is 0. The fourth-order valence-corrected chi connectivity index (χ4v) is 4.27. The molecule has 0 atom stereocenters. The molecule has 0 aromatic heterocycles. The predicted molar refractivity (Wildman–Crippen MR) is 62.8 cm³/mol. The zero-order valence-corrected chi connectivity index (χ0v) is 11.2. The molecule has 1 saturated carbocycles. The minimum absolute atomic E-state index is 0.101. The maximum Gasteiger partial charge on any atom is 0.342 e. The van der Waals surface area contributed by atoms with Gasteiger partial charge in [0.25, 0.3) is 0 Å². The van der Waals surface area contributed by atoms with Crippen molar-refractivity contribution < 1.29 is 28.7 Å². The second-order valence-corrected chi connectivity index (χ2v) is 8.41. The minimum atomic E-state index is -4.79. The first-order chi connectivity index (χ1) is 7.71. The molecule has 5 N–H and O–H groups in total. The fourth-order valence-electron chi connectivity index (χ4n) is 2.01. The van der Waals surface area contributed by atoms with E-state index in [0.29, 0.717) is 0 Å². The van der Waals surface area contributed by atoms with Crippen LogP contribution in [-0.2, 0) is 9.13 Å². The molecule has 0 spiro atoms. The molecule has 0 radical (unpaired) electrons. The van der Waals surface area contributed by atoms with Gasteiger partial charge in [0, 0.05) is 12.6 Å². The van der Waals surface area contributed by atoms with E-state index in [1.165, 1.54) is 0 Å². The van der Waals surface area contributed by atoms with Crippen LogP contribution in [0.5, 0.6) is 0 Å². The Bertz CT molecular complexity index is 309. The van der Waals surface area contributed by atoms with Crippen LogP contribution in [0.3, 0.4) is 0 Å². The second-order valence-electron chi connectivity index (χ2n) is 4.40. The first-order valence-corrected chi connectivity index (χ1v) is 8.91. The fraction of sp³-hybridized carbons (Fsp3) is 1.00. The summed E-state index contributed by atoms with van der Waals surface area (Å²) < 4.78 is 22.0. The summed E-state index contributed by atoms with van der Waals surface area (Å²) >= 11 is 0. The van der Waals surface area contributed by atoms with Crippen LogP contribution in [0.1, 0.15) is 32.1 Å². The van der Waals surface area contributed by atoms with Crippen molar-refractivity contribution in [3.05, 3.63) is 0 Å². The highest BCUT2D eigenvalue weighted by atomic mass is 31.2. The van der Waals surface area contributed by atoms with Gasteiger partial charge in [-0.25, -0.2) is 0 Å². The van der Waals surface area contributed by atoms with Crippen LogP contribution in [-0.4, -0.2) is 37.6 Å². The highest BCUT2D eigenvalue weighted by Gasteiger charge is 2.43. The maximum absolute atomic E-state index is 11.0. The van der Waals surface area contributed by atoms with Gasteiger partial charge in [-0.05, 0) is 12.8 Å². The van der Waals surface area contributed by atoms with Crippen LogP contribution < -0.4 is 5.32 Å². The molecule has 7 nitrogen and oxygen atoms in total. The van der Waals surface area contributed by atoms with Crippen molar-refractivity contribution in [3.63, 3.8) is 0 Å². The standard InChI is InChI=1S/C8H19NO6P2/c10-16(11,12)8(17(13,14)15)6-9-7-4-2-1-3-5-7/h7-9H,1-6H2,(H2,10,11,12)(H2,13,14,15). The molecular formula is C8H19NO6P2. The Balaban J connectivity index is 2.56. The lowest BCUT2D eigenvalue weighted by atomic mass is 9.96. The van der Waals surface area contributed by atoms with Gasteiger partial charge in [0.2, 0.25) is 0 Å². The molecule has 0 bridgehead atoms. The Morgan fingerprint density at radius 3 is 1.88 bits per heavy atom. The topological polar surface area (TPSA) is 127 Å². The molecule has 0 aliphatic heterocycles. The van der Waals surface area contributed by atoms with Crippen LogP contribution in [0.4, 0.5) is 0 Å². The van der Waals surface area contributed by atoms with Crippen molar-refractivity contribution >= 4 is 15.2 Å². The van der Waals surface area contributed by atoms with E-state index < -0.39 is 20.6 Å². The van der Waals surface area contributed by atoms with E-state index in [1.807, 2.05) is 0 Å². The summed E-state index contributed by atoms with van der Waals surface area (Å²) in [6, 6.07) is 0.101. The summed E-state index contributed by atoms with van der Waals surface area (Å²) in [5.74, 6) is 0. The lowest BCUT2D eigenvalue weighted by Crippen LogP contribution is -2.36. The average Bonchev–Trinajstić information content (AvgIpc) is 2.15. The third-order valence-corrected chi connectivity index (χ3v) is 6.69. The van der Waals surface area contributed by atoms with Gasteiger partial charge in [-0.1, -0.05) is 19.3 Å². The zero-order valence-electron chi connectivity index (χ0n) is 9.40. The Morgan fingerprint density at radius 1 is 1.00 bits per heavy atom. The van der Waals surface area contributed by atoms with Crippen molar-refractivity contribution in [3.8, 4) is 0 Å². The molecule has 0 aromatic rings. The molecule has 0 heterocycles. The third-order valence-electron chi connectivity index (χ3n) is 2.97. The summed E-state index contributed by atoms with van der Waals surface area (Å²) in [6.07, 6.45) is 4.98. The van der Waals surface area contributed by atoms with E-state index in [4.69, 9.17) is 19.6 Å². The lowest BCUT2D eigenvalue weighted by molar-refractivity contribution is 0.325. The molecule has 1 rings (SSSR count). The number of hydrogen-bond acceptors (Lipinski definition) is 3. The largest absolute Gasteiger partial charge is 0.342 e. The molecule has 1 aliphatic rings. The Hall–Kier alpha value is 0.260. The zero-order chi connectivity index (χ0) is 13.1. The van der Waals surface area contributed by atoms with Gasteiger partial charge in [0.15, 0.2) is 5.40 Å². The first-order valence-electron chi connectivity index (χ1n) is 5.55. The van der Waals surface area contributed by atoms with Crippen molar-refractivity contribution in [1.29, 1.82) is 0 Å². The summed E-state index contributed by atoms with van der Waals surface area (Å²) in [4.78, 5) is 35.7. The number of nitrogens with one attached hydrogen (secondary N) is 1. The highest BCUT2D eigenvalue weighted by molar-refractivity contribution is 7.70. The van der Waals surface area contributed by atoms with Crippen molar-refractivity contribution in [1.82, 2.24) is 5.32 Å². The van der Waals surface area contributed by atoms with Gasteiger partial charge in [0.1, 0.15) is 0 Å². The van der Waals surface area contributed by atoms with E-state index in [2.05, 4.69) is 5.32 Å². The monoisotopic (exact) mass is 287 g/mol. The van der Waals surface area contributed by atoms with E-state index in [9.17, 15) is 9.13 Å². The van der Waals surface area contributed by atoms with Crippen LogP contribution >= 0.6 is 15.2 Å². The Kier molecular flexibility index (Phi) is 5.35. The van der Waals surface area contributed by atoms with Gasteiger partial charge >= 0.3 is 15.2 Å².